The molecule has 0 bridgehead atoms. The Morgan fingerprint density at radius 1 is 1.04 bits per heavy atom. The molecule has 3 aromatic carbocycles. The first-order valence-electron chi connectivity index (χ1n) is 14.0. The van der Waals surface area contributed by atoms with Gasteiger partial charge in [-0.05, 0) is 82.9 Å². The molecule has 0 saturated carbocycles. The van der Waals surface area contributed by atoms with Crippen LogP contribution in [-0.2, 0) is 16.1 Å². The van der Waals surface area contributed by atoms with Gasteiger partial charge < -0.3 is 18.9 Å². The molecular formula is C32H27Br2N3O8S. The molecule has 0 fully saturated rings. The van der Waals surface area contributed by atoms with Gasteiger partial charge in [0.2, 0.25) is 5.75 Å². The van der Waals surface area contributed by atoms with Crippen LogP contribution in [0.3, 0.4) is 0 Å². The lowest BCUT2D eigenvalue weighted by molar-refractivity contribution is -0.386. The Morgan fingerprint density at radius 3 is 2.43 bits per heavy atom. The van der Waals surface area contributed by atoms with Gasteiger partial charge in [-0.2, -0.15) is 0 Å². The Kier molecular flexibility index (Phi) is 10.4. The smallest absolute Gasteiger partial charge is 0.337 e. The molecule has 0 N–H and O–H groups in total. The van der Waals surface area contributed by atoms with Gasteiger partial charge in [-0.3, -0.25) is 19.5 Å². The molecule has 2 heterocycles. The number of ether oxygens (including phenoxy) is 4. The minimum absolute atomic E-state index is 0.0647. The van der Waals surface area contributed by atoms with Crippen molar-refractivity contribution in [2.45, 2.75) is 26.5 Å². The molecule has 238 valence electrons. The lowest BCUT2D eigenvalue weighted by Gasteiger charge is -2.23. The molecule has 1 aromatic heterocycles. The summed E-state index contributed by atoms with van der Waals surface area (Å²) >= 11 is 7.89. The minimum Gasteiger partial charge on any atom is -0.490 e. The SMILES string of the molecule is CCOc1ccc([C@H]2C(C(=O)OC)=CN=c3s/c(=C/c4cc(Br)c(OCc5ccc(Br)cc5)c([N+](=O)[O-])c4)c(=O)n32)cc1OCC. The maximum Gasteiger partial charge on any atom is 0.337 e. The van der Waals surface area contributed by atoms with Crippen molar-refractivity contribution in [3.05, 3.63) is 122 Å². The number of carbonyl (C=O) groups is 1. The maximum atomic E-state index is 14.0. The highest BCUT2D eigenvalue weighted by molar-refractivity contribution is 9.10. The van der Waals surface area contributed by atoms with Crippen molar-refractivity contribution in [2.24, 2.45) is 4.99 Å². The van der Waals surface area contributed by atoms with E-state index in [-0.39, 0.29) is 28.1 Å². The molecule has 46 heavy (non-hydrogen) atoms. The summed E-state index contributed by atoms with van der Waals surface area (Å²) in [7, 11) is 1.26. The number of nitro groups is 1. The highest BCUT2D eigenvalue weighted by Gasteiger charge is 2.31. The van der Waals surface area contributed by atoms with E-state index < -0.39 is 22.5 Å². The summed E-state index contributed by atoms with van der Waals surface area (Å²) in [6, 6.07) is 14.7. The lowest BCUT2D eigenvalue weighted by Crippen LogP contribution is -2.39. The van der Waals surface area contributed by atoms with Crippen LogP contribution in [0.25, 0.3) is 6.08 Å². The molecule has 0 unspecified atom stereocenters. The average molecular weight is 773 g/mol. The molecule has 1 aliphatic rings. The van der Waals surface area contributed by atoms with E-state index in [0.29, 0.717) is 45.1 Å². The first-order chi connectivity index (χ1) is 22.1. The van der Waals surface area contributed by atoms with Crippen LogP contribution < -0.4 is 29.1 Å². The lowest BCUT2D eigenvalue weighted by atomic mass is 9.97. The normalized spacial score (nSPS) is 14.2. The molecule has 1 aliphatic heterocycles. The number of carbonyl (C=O) groups excluding carboxylic acids is 1. The van der Waals surface area contributed by atoms with Crippen LogP contribution in [0, 0.1) is 10.1 Å². The molecule has 0 aliphatic carbocycles. The van der Waals surface area contributed by atoms with E-state index in [1.165, 1.54) is 23.9 Å². The van der Waals surface area contributed by atoms with Crippen molar-refractivity contribution in [3.63, 3.8) is 0 Å². The summed E-state index contributed by atoms with van der Waals surface area (Å²) in [4.78, 5) is 43.1. The molecule has 4 aromatic rings. The largest absolute Gasteiger partial charge is 0.490 e. The Labute approximate surface area is 283 Å². The summed E-state index contributed by atoms with van der Waals surface area (Å²) in [5.41, 5.74) is 1.24. The van der Waals surface area contributed by atoms with E-state index in [2.05, 4.69) is 36.9 Å². The third-order valence-electron chi connectivity index (χ3n) is 6.85. The summed E-state index contributed by atoms with van der Waals surface area (Å²) < 4.78 is 25.3. The number of methoxy groups -OCH3 is 1. The van der Waals surface area contributed by atoms with E-state index in [9.17, 15) is 19.7 Å². The van der Waals surface area contributed by atoms with Crippen LogP contribution in [0.5, 0.6) is 17.2 Å². The highest BCUT2D eigenvalue weighted by Crippen LogP contribution is 2.38. The number of nitrogens with zero attached hydrogens (tertiary/aromatic N) is 3. The Bertz CT molecular complexity index is 2020. The zero-order valence-corrected chi connectivity index (χ0v) is 28.8. The molecule has 5 rings (SSSR count). The van der Waals surface area contributed by atoms with Crippen molar-refractivity contribution >= 4 is 60.9 Å². The zero-order chi connectivity index (χ0) is 33.0. The van der Waals surface area contributed by atoms with Crippen LogP contribution in [0.4, 0.5) is 5.69 Å². The summed E-state index contributed by atoms with van der Waals surface area (Å²) in [5, 5.41) is 12.1. The van der Waals surface area contributed by atoms with Gasteiger partial charge in [0.15, 0.2) is 16.3 Å². The van der Waals surface area contributed by atoms with Gasteiger partial charge in [-0.1, -0.05) is 45.5 Å². The number of thiazole rings is 1. The molecular weight excluding hydrogens is 746 g/mol. The van der Waals surface area contributed by atoms with Crippen molar-refractivity contribution < 1.29 is 28.7 Å². The second-order valence-electron chi connectivity index (χ2n) is 9.77. The van der Waals surface area contributed by atoms with Crippen molar-refractivity contribution in [1.29, 1.82) is 0 Å². The fourth-order valence-electron chi connectivity index (χ4n) is 4.84. The fourth-order valence-corrected chi connectivity index (χ4v) is 6.65. The van der Waals surface area contributed by atoms with Crippen molar-refractivity contribution in [3.8, 4) is 17.2 Å². The Morgan fingerprint density at radius 2 is 1.76 bits per heavy atom. The molecule has 14 heteroatoms. The number of hydrogen-bond donors (Lipinski definition) is 0. The van der Waals surface area contributed by atoms with E-state index in [0.717, 1.165) is 21.4 Å². The topological polar surface area (TPSA) is 131 Å². The first kappa shape index (κ1) is 33.1. The van der Waals surface area contributed by atoms with E-state index in [4.69, 9.17) is 18.9 Å². The van der Waals surface area contributed by atoms with Gasteiger partial charge in [0.1, 0.15) is 6.61 Å². The fraction of sp³-hybridized carbons (Fsp3) is 0.219. The summed E-state index contributed by atoms with van der Waals surface area (Å²) in [6.07, 6.45) is 2.93. The number of nitro benzene ring substituents is 1. The number of halogens is 2. The second kappa shape index (κ2) is 14.4. The Hall–Kier alpha value is -4.27. The van der Waals surface area contributed by atoms with Crippen LogP contribution >= 0.6 is 43.2 Å². The number of rotatable bonds is 11. The highest BCUT2D eigenvalue weighted by atomic mass is 79.9. The number of benzene rings is 3. The molecule has 11 nitrogen and oxygen atoms in total. The van der Waals surface area contributed by atoms with Gasteiger partial charge in [-0.25, -0.2) is 9.79 Å². The number of esters is 1. The number of hydrogen-bond acceptors (Lipinski definition) is 10. The van der Waals surface area contributed by atoms with E-state index in [1.807, 2.05) is 38.1 Å². The quantitative estimate of drug-likeness (QED) is 0.106. The molecule has 0 amide bonds. The van der Waals surface area contributed by atoms with E-state index >= 15 is 0 Å². The van der Waals surface area contributed by atoms with Gasteiger partial charge in [0, 0.05) is 16.7 Å². The monoisotopic (exact) mass is 771 g/mol. The van der Waals surface area contributed by atoms with Crippen LogP contribution in [0.15, 0.2) is 85.1 Å². The molecule has 0 saturated heterocycles. The minimum atomic E-state index is -0.879. The number of aromatic nitrogens is 1. The third kappa shape index (κ3) is 6.93. The first-order valence-corrected chi connectivity index (χ1v) is 16.4. The van der Waals surface area contributed by atoms with Crippen LogP contribution in [0.2, 0.25) is 0 Å². The van der Waals surface area contributed by atoms with Gasteiger partial charge in [0.05, 0.1) is 45.9 Å². The van der Waals surface area contributed by atoms with Crippen LogP contribution in [-0.4, -0.2) is 35.8 Å². The van der Waals surface area contributed by atoms with Gasteiger partial charge in [-0.15, -0.1) is 0 Å². The predicted molar refractivity (Wildman–Crippen MR) is 179 cm³/mol. The van der Waals surface area contributed by atoms with Crippen LogP contribution in [0.1, 0.15) is 36.6 Å². The zero-order valence-electron chi connectivity index (χ0n) is 24.8. The van der Waals surface area contributed by atoms with Crippen molar-refractivity contribution in [2.75, 3.05) is 20.3 Å². The summed E-state index contributed by atoms with van der Waals surface area (Å²) in [5.74, 6) is 0.411. The summed E-state index contributed by atoms with van der Waals surface area (Å²) in [6.45, 7) is 4.62. The molecule has 0 spiro atoms. The average Bonchev–Trinajstić information content (AvgIpc) is 3.35. The number of fused-ring (bicyclic) bond motifs is 1. The van der Waals surface area contributed by atoms with Gasteiger partial charge >= 0.3 is 11.7 Å². The molecule has 0 radical (unpaired) electrons. The van der Waals surface area contributed by atoms with E-state index in [1.54, 1.807) is 30.3 Å². The maximum absolute atomic E-state index is 14.0. The standard InChI is InChI=1S/C32H27Br2N3O8S/c1-4-43-25-11-8-20(15-26(25)44-5-2)28-22(31(39)42-3)16-35-32-36(28)30(38)27(46-32)14-19-12-23(34)29(24(13-19)37(40)41)45-17-18-6-9-21(33)10-7-18/h6-16,28H,4-5,17H2,1-3H3/b27-14+/t28-/m0/s1. The second-order valence-corrected chi connectivity index (χ2v) is 12.6. The third-order valence-corrected chi connectivity index (χ3v) is 8.96. The molecule has 1 atom stereocenters. The van der Waals surface area contributed by atoms with Gasteiger partial charge in [0.25, 0.3) is 5.56 Å². The Balaban J connectivity index is 1.58. The predicted octanol–water partition coefficient (Wildman–Crippen LogP) is 5.83. The van der Waals surface area contributed by atoms with Crippen molar-refractivity contribution in [1.82, 2.24) is 4.57 Å².